The van der Waals surface area contributed by atoms with Crippen molar-refractivity contribution in [2.24, 2.45) is 0 Å². The third-order valence-electron chi connectivity index (χ3n) is 4.83. The maximum atomic E-state index is 13.4. The molecule has 3 rings (SSSR count). The Morgan fingerprint density at radius 3 is 2.36 bits per heavy atom. The zero-order valence-electron chi connectivity index (χ0n) is 15.3. The molecule has 1 fully saturated rings. The van der Waals surface area contributed by atoms with Crippen molar-refractivity contribution < 1.29 is 27.9 Å². The van der Waals surface area contributed by atoms with Gasteiger partial charge in [0.15, 0.2) is 17.4 Å². The molecule has 2 aromatic rings. The summed E-state index contributed by atoms with van der Waals surface area (Å²) in [5.74, 6) is -2.93. The number of ether oxygens (including phenoxy) is 1. The Morgan fingerprint density at radius 1 is 1.11 bits per heavy atom. The fraction of sp³-hybridized carbons (Fsp3) is 0.250. The van der Waals surface area contributed by atoms with Crippen molar-refractivity contribution in [1.82, 2.24) is 10.2 Å². The van der Waals surface area contributed by atoms with Gasteiger partial charge in [-0.25, -0.2) is 13.6 Å². The SMILES string of the molecule is CC[C@]1(c2ccc(OC)cc2)NC(=O)N(CC(=O)c2ccc(F)c(F)c2)C1=O. The molecule has 1 N–H and O–H groups in total. The summed E-state index contributed by atoms with van der Waals surface area (Å²) in [6, 6.07) is 8.62. The van der Waals surface area contributed by atoms with Crippen LogP contribution in [-0.2, 0) is 10.3 Å². The molecule has 6 nitrogen and oxygen atoms in total. The molecular weight excluding hydrogens is 370 g/mol. The third kappa shape index (κ3) is 3.21. The zero-order chi connectivity index (χ0) is 20.5. The van der Waals surface area contributed by atoms with Gasteiger partial charge in [-0.1, -0.05) is 19.1 Å². The van der Waals surface area contributed by atoms with E-state index in [2.05, 4.69) is 5.32 Å². The van der Waals surface area contributed by atoms with Gasteiger partial charge in [0.05, 0.1) is 13.7 Å². The fourth-order valence-corrected chi connectivity index (χ4v) is 3.19. The van der Waals surface area contributed by atoms with Crippen LogP contribution in [0.1, 0.15) is 29.3 Å². The molecule has 2 aromatic carbocycles. The number of imide groups is 1. The van der Waals surface area contributed by atoms with E-state index in [-0.39, 0.29) is 12.0 Å². The molecule has 0 spiro atoms. The Bertz CT molecular complexity index is 946. The molecule has 8 heteroatoms. The zero-order valence-corrected chi connectivity index (χ0v) is 15.3. The Hall–Kier alpha value is -3.29. The number of urea groups is 1. The van der Waals surface area contributed by atoms with Gasteiger partial charge in [0.25, 0.3) is 5.91 Å². The summed E-state index contributed by atoms with van der Waals surface area (Å²) in [5.41, 5.74) is -0.882. The van der Waals surface area contributed by atoms with E-state index in [1.54, 1.807) is 31.2 Å². The standard InChI is InChI=1S/C20H18F2N2O4/c1-3-20(13-5-7-14(28-2)8-6-13)18(26)24(19(27)23-20)11-17(25)12-4-9-15(21)16(22)10-12/h4-10H,3,11H2,1-2H3,(H,23,27)/t20-/m1/s1. The van der Waals surface area contributed by atoms with Crippen LogP contribution >= 0.6 is 0 Å². The third-order valence-corrected chi connectivity index (χ3v) is 4.83. The normalized spacial score (nSPS) is 18.9. The molecule has 146 valence electrons. The summed E-state index contributed by atoms with van der Waals surface area (Å²) in [5, 5.41) is 2.66. The maximum Gasteiger partial charge on any atom is 0.325 e. The Kier molecular flexibility index (Phi) is 5.13. The van der Waals surface area contributed by atoms with Gasteiger partial charge >= 0.3 is 6.03 Å². The predicted octanol–water partition coefficient (Wildman–Crippen LogP) is 3.01. The average Bonchev–Trinajstić information content (AvgIpc) is 2.95. The molecule has 1 heterocycles. The highest BCUT2D eigenvalue weighted by Crippen LogP contribution is 2.33. The molecule has 3 amide bonds. The van der Waals surface area contributed by atoms with E-state index in [0.29, 0.717) is 11.3 Å². The van der Waals surface area contributed by atoms with E-state index in [0.717, 1.165) is 23.1 Å². The number of amides is 3. The van der Waals surface area contributed by atoms with Crippen molar-refractivity contribution in [2.75, 3.05) is 13.7 Å². The van der Waals surface area contributed by atoms with E-state index in [4.69, 9.17) is 4.74 Å². The van der Waals surface area contributed by atoms with Crippen molar-refractivity contribution in [3.8, 4) is 5.75 Å². The molecule has 0 radical (unpaired) electrons. The van der Waals surface area contributed by atoms with Crippen molar-refractivity contribution >= 4 is 17.7 Å². The van der Waals surface area contributed by atoms with Gasteiger partial charge in [-0.2, -0.15) is 0 Å². The van der Waals surface area contributed by atoms with Crippen LogP contribution in [0.3, 0.4) is 0 Å². The molecule has 1 saturated heterocycles. The summed E-state index contributed by atoms with van der Waals surface area (Å²) < 4.78 is 31.5. The Morgan fingerprint density at radius 2 is 1.79 bits per heavy atom. The number of nitrogens with one attached hydrogen (secondary N) is 1. The first-order valence-electron chi connectivity index (χ1n) is 8.59. The molecular formula is C20H18F2N2O4. The lowest BCUT2D eigenvalue weighted by Gasteiger charge is -2.26. The largest absolute Gasteiger partial charge is 0.497 e. The van der Waals surface area contributed by atoms with Crippen LogP contribution in [0, 0.1) is 11.6 Å². The number of methoxy groups -OCH3 is 1. The second-order valence-electron chi connectivity index (χ2n) is 6.36. The van der Waals surface area contributed by atoms with Crippen molar-refractivity contribution in [2.45, 2.75) is 18.9 Å². The number of halogens is 2. The number of nitrogens with zero attached hydrogens (tertiary/aromatic N) is 1. The van der Waals surface area contributed by atoms with Crippen LogP contribution in [0.4, 0.5) is 13.6 Å². The minimum atomic E-state index is -1.31. The van der Waals surface area contributed by atoms with Crippen molar-refractivity contribution in [1.29, 1.82) is 0 Å². The monoisotopic (exact) mass is 388 g/mol. The summed E-state index contributed by atoms with van der Waals surface area (Å²) >= 11 is 0. The first-order chi connectivity index (χ1) is 13.3. The smallest absolute Gasteiger partial charge is 0.325 e. The molecule has 1 aliphatic rings. The van der Waals surface area contributed by atoms with E-state index in [1.807, 2.05) is 0 Å². The van der Waals surface area contributed by atoms with Crippen LogP contribution in [0.25, 0.3) is 0 Å². The number of rotatable bonds is 6. The number of hydrogen-bond donors (Lipinski definition) is 1. The molecule has 0 saturated carbocycles. The van der Waals surface area contributed by atoms with Crippen LogP contribution in [-0.4, -0.2) is 36.3 Å². The van der Waals surface area contributed by atoms with E-state index >= 15 is 0 Å². The Balaban J connectivity index is 1.87. The second-order valence-corrected chi connectivity index (χ2v) is 6.36. The number of ketones is 1. The minimum Gasteiger partial charge on any atom is -0.497 e. The van der Waals surface area contributed by atoms with Gasteiger partial charge in [0.2, 0.25) is 0 Å². The minimum absolute atomic E-state index is 0.127. The summed E-state index contributed by atoms with van der Waals surface area (Å²) in [7, 11) is 1.51. The Labute approximate surface area is 160 Å². The maximum absolute atomic E-state index is 13.4. The van der Waals surface area contributed by atoms with Crippen molar-refractivity contribution in [3.63, 3.8) is 0 Å². The molecule has 0 bridgehead atoms. The molecule has 1 atom stereocenters. The lowest BCUT2D eigenvalue weighted by molar-refractivity contribution is -0.131. The fourth-order valence-electron chi connectivity index (χ4n) is 3.19. The highest BCUT2D eigenvalue weighted by Gasteiger charge is 2.51. The number of carbonyl (C=O) groups is 3. The van der Waals surface area contributed by atoms with E-state index < -0.39 is 41.4 Å². The summed E-state index contributed by atoms with van der Waals surface area (Å²) in [6.45, 7) is 1.16. The molecule has 28 heavy (non-hydrogen) atoms. The van der Waals surface area contributed by atoms with Crippen LogP contribution < -0.4 is 10.1 Å². The van der Waals surface area contributed by atoms with Crippen molar-refractivity contribution in [3.05, 3.63) is 65.2 Å². The number of Topliss-reactive ketones (excluding diaryl/α,β-unsaturated/α-hetero) is 1. The highest BCUT2D eigenvalue weighted by molar-refractivity contribution is 6.11. The predicted molar refractivity (Wildman–Crippen MR) is 95.9 cm³/mol. The van der Waals surface area contributed by atoms with Gasteiger partial charge in [0, 0.05) is 5.56 Å². The van der Waals surface area contributed by atoms with Crippen LogP contribution in [0.5, 0.6) is 5.75 Å². The summed E-state index contributed by atoms with van der Waals surface area (Å²) in [4.78, 5) is 38.6. The molecule has 0 aliphatic carbocycles. The van der Waals surface area contributed by atoms with E-state index in [1.165, 1.54) is 7.11 Å². The highest BCUT2D eigenvalue weighted by atomic mass is 19.2. The van der Waals surface area contributed by atoms with Crippen LogP contribution in [0.15, 0.2) is 42.5 Å². The quantitative estimate of drug-likeness (QED) is 0.610. The lowest BCUT2D eigenvalue weighted by Crippen LogP contribution is -2.43. The topological polar surface area (TPSA) is 75.7 Å². The summed E-state index contributed by atoms with van der Waals surface area (Å²) in [6.07, 6.45) is 0.264. The van der Waals surface area contributed by atoms with Gasteiger partial charge in [-0.3, -0.25) is 14.5 Å². The number of benzene rings is 2. The first kappa shape index (κ1) is 19.5. The molecule has 1 aliphatic heterocycles. The van der Waals surface area contributed by atoms with Gasteiger partial charge in [-0.15, -0.1) is 0 Å². The molecule has 0 aromatic heterocycles. The van der Waals surface area contributed by atoms with Crippen LogP contribution in [0.2, 0.25) is 0 Å². The lowest BCUT2D eigenvalue weighted by atomic mass is 9.87. The first-order valence-corrected chi connectivity index (χ1v) is 8.59. The van der Waals surface area contributed by atoms with Gasteiger partial charge in [-0.05, 0) is 42.3 Å². The van der Waals surface area contributed by atoms with E-state index in [9.17, 15) is 23.2 Å². The van der Waals surface area contributed by atoms with Gasteiger partial charge < -0.3 is 10.1 Å². The number of hydrogen-bond acceptors (Lipinski definition) is 4. The van der Waals surface area contributed by atoms with Gasteiger partial charge in [0.1, 0.15) is 11.3 Å². The second kappa shape index (κ2) is 7.38. The average molecular weight is 388 g/mol. The number of carbonyl (C=O) groups excluding carboxylic acids is 3. The molecule has 0 unspecified atom stereocenters.